The quantitative estimate of drug-likeness (QED) is 0.302. The lowest BCUT2D eigenvalue weighted by Crippen LogP contribution is -2.37. The molecule has 0 radical (unpaired) electrons. The maximum Gasteiger partial charge on any atom is 0.234 e. The highest BCUT2D eigenvalue weighted by Gasteiger charge is 2.26. The predicted octanol–water partition coefficient (Wildman–Crippen LogP) is 4.99. The normalized spacial score (nSPS) is 16.0. The number of aryl methyl sites for hydroxylation is 2. The number of carbonyl (C=O) groups is 1. The number of nitrogens with zero attached hydrogens (tertiary/aromatic N) is 4. The van der Waals surface area contributed by atoms with Crippen LogP contribution in [-0.2, 0) is 22.4 Å². The molecule has 3 aromatic heterocycles. The summed E-state index contributed by atoms with van der Waals surface area (Å²) < 4.78 is 6.61. The molecule has 1 aromatic carbocycles. The lowest BCUT2D eigenvalue weighted by molar-refractivity contribution is -0.113. The van der Waals surface area contributed by atoms with Gasteiger partial charge in [0.25, 0.3) is 0 Å². The summed E-state index contributed by atoms with van der Waals surface area (Å²) >= 11 is 3.11. The van der Waals surface area contributed by atoms with E-state index in [-0.39, 0.29) is 5.91 Å². The number of amides is 1. The van der Waals surface area contributed by atoms with Gasteiger partial charge in [0.1, 0.15) is 22.0 Å². The van der Waals surface area contributed by atoms with E-state index in [2.05, 4.69) is 15.2 Å². The van der Waals surface area contributed by atoms with Gasteiger partial charge in [-0.15, -0.1) is 11.3 Å². The van der Waals surface area contributed by atoms with Gasteiger partial charge in [-0.1, -0.05) is 29.5 Å². The van der Waals surface area contributed by atoms with E-state index in [0.29, 0.717) is 5.75 Å². The van der Waals surface area contributed by atoms with Gasteiger partial charge in [0.05, 0.1) is 29.2 Å². The average Bonchev–Trinajstić information content (AvgIpc) is 3.28. The zero-order valence-corrected chi connectivity index (χ0v) is 21.3. The van der Waals surface area contributed by atoms with Gasteiger partial charge in [0, 0.05) is 24.2 Å². The standard InChI is InChI=1S/C26H27N5O2S2/c1-16-6-8-17(9-7-16)29-20(32)14-34-26-23-22(27-15-28-26)21-18-4-2-3-5-19(18)24(30-25(21)35-23)31-10-12-33-13-11-31/h6-9,15H,2-5,10-14H2,1H3,(H,29,32). The van der Waals surface area contributed by atoms with Crippen molar-refractivity contribution >= 4 is 60.9 Å². The third-order valence-electron chi connectivity index (χ3n) is 6.65. The first-order valence-electron chi connectivity index (χ1n) is 12.1. The molecule has 0 atom stereocenters. The van der Waals surface area contributed by atoms with Gasteiger partial charge in [0.15, 0.2) is 0 Å². The van der Waals surface area contributed by atoms with Crippen LogP contribution < -0.4 is 10.2 Å². The summed E-state index contributed by atoms with van der Waals surface area (Å²) in [5.41, 5.74) is 5.73. The van der Waals surface area contributed by atoms with E-state index in [9.17, 15) is 4.79 Å². The van der Waals surface area contributed by atoms with Crippen LogP contribution in [0, 0.1) is 6.92 Å². The topological polar surface area (TPSA) is 80.2 Å². The molecule has 0 unspecified atom stereocenters. The van der Waals surface area contributed by atoms with Crippen molar-refractivity contribution in [3.8, 4) is 0 Å². The number of fused-ring (bicyclic) bond motifs is 5. The number of rotatable bonds is 5. The maximum atomic E-state index is 12.6. The fraction of sp³-hybridized carbons (Fsp3) is 0.385. The minimum absolute atomic E-state index is 0.0446. The molecule has 1 amide bonds. The zero-order valence-electron chi connectivity index (χ0n) is 19.7. The number of thiophene rings is 1. The summed E-state index contributed by atoms with van der Waals surface area (Å²) in [6.07, 6.45) is 6.14. The number of morpholine rings is 1. The second kappa shape index (κ2) is 9.72. The maximum absolute atomic E-state index is 12.6. The van der Waals surface area contributed by atoms with Crippen molar-refractivity contribution in [2.45, 2.75) is 37.6 Å². The number of aromatic nitrogens is 3. The Kier molecular flexibility index (Phi) is 6.30. The number of hydrogen-bond donors (Lipinski definition) is 1. The number of thioether (sulfide) groups is 1. The minimum atomic E-state index is -0.0446. The Hall–Kier alpha value is -2.75. The molecule has 1 fully saturated rings. The van der Waals surface area contributed by atoms with Crippen molar-refractivity contribution in [2.24, 2.45) is 0 Å². The molecule has 35 heavy (non-hydrogen) atoms. The van der Waals surface area contributed by atoms with Crippen LogP contribution in [0.5, 0.6) is 0 Å². The number of pyridine rings is 1. The van der Waals surface area contributed by atoms with Crippen molar-refractivity contribution in [3.05, 3.63) is 47.3 Å². The number of hydrogen-bond acceptors (Lipinski definition) is 8. The molecule has 0 saturated carbocycles. The summed E-state index contributed by atoms with van der Waals surface area (Å²) in [6, 6.07) is 7.83. The van der Waals surface area contributed by atoms with Crippen molar-refractivity contribution in [1.29, 1.82) is 0 Å². The largest absolute Gasteiger partial charge is 0.378 e. The third-order valence-corrected chi connectivity index (χ3v) is 8.85. The number of benzene rings is 1. The summed E-state index contributed by atoms with van der Waals surface area (Å²) in [5.74, 6) is 1.37. The van der Waals surface area contributed by atoms with Gasteiger partial charge < -0.3 is 15.0 Å². The Morgan fingerprint density at radius 1 is 1.11 bits per heavy atom. The van der Waals surface area contributed by atoms with Gasteiger partial charge in [0.2, 0.25) is 5.91 Å². The molecule has 9 heteroatoms. The first-order valence-corrected chi connectivity index (χ1v) is 13.9. The van der Waals surface area contributed by atoms with Gasteiger partial charge in [-0.3, -0.25) is 4.79 Å². The molecule has 0 bridgehead atoms. The van der Waals surface area contributed by atoms with Crippen molar-refractivity contribution in [2.75, 3.05) is 42.3 Å². The highest BCUT2D eigenvalue weighted by molar-refractivity contribution is 8.00. The second-order valence-electron chi connectivity index (χ2n) is 9.04. The Labute approximate surface area is 212 Å². The van der Waals surface area contributed by atoms with E-state index in [1.807, 2.05) is 31.2 Å². The lowest BCUT2D eigenvalue weighted by Gasteiger charge is -2.31. The smallest absolute Gasteiger partial charge is 0.234 e. The minimum Gasteiger partial charge on any atom is -0.378 e. The summed E-state index contributed by atoms with van der Waals surface area (Å²) in [5, 5.41) is 5.00. The molecule has 4 aromatic rings. The number of carbonyl (C=O) groups excluding carboxylic acids is 1. The molecule has 7 nitrogen and oxygen atoms in total. The van der Waals surface area contributed by atoms with Crippen molar-refractivity contribution < 1.29 is 9.53 Å². The molecule has 1 aliphatic carbocycles. The summed E-state index contributed by atoms with van der Waals surface area (Å²) in [4.78, 5) is 30.4. The SMILES string of the molecule is Cc1ccc(NC(=O)CSc2ncnc3c2sc2nc(N4CCOCC4)c4c(c23)CCCC4)cc1. The van der Waals surface area contributed by atoms with Crippen LogP contribution in [-0.4, -0.2) is 52.9 Å². The van der Waals surface area contributed by atoms with E-state index in [4.69, 9.17) is 14.7 Å². The summed E-state index contributed by atoms with van der Waals surface area (Å²) in [7, 11) is 0. The monoisotopic (exact) mass is 505 g/mol. The van der Waals surface area contributed by atoms with Gasteiger partial charge in [-0.2, -0.15) is 0 Å². The fourth-order valence-corrected chi connectivity index (χ4v) is 6.96. The summed E-state index contributed by atoms with van der Waals surface area (Å²) in [6.45, 7) is 5.29. The average molecular weight is 506 g/mol. The molecule has 0 spiro atoms. The Balaban J connectivity index is 1.33. The van der Waals surface area contributed by atoms with Gasteiger partial charge in [-0.05, 0) is 55.9 Å². The molecular weight excluding hydrogens is 478 g/mol. The second-order valence-corrected chi connectivity index (χ2v) is 11.0. The van der Waals surface area contributed by atoms with Crippen LogP contribution >= 0.6 is 23.1 Å². The van der Waals surface area contributed by atoms with Crippen LogP contribution in [0.1, 0.15) is 29.5 Å². The first-order chi connectivity index (χ1) is 17.2. The number of anilines is 2. The van der Waals surface area contributed by atoms with Crippen LogP contribution in [0.25, 0.3) is 20.4 Å². The van der Waals surface area contributed by atoms with E-state index in [1.54, 1.807) is 17.7 Å². The van der Waals surface area contributed by atoms with Crippen LogP contribution in [0.2, 0.25) is 0 Å². The molecule has 1 aliphatic heterocycles. The van der Waals surface area contributed by atoms with Crippen molar-refractivity contribution in [1.82, 2.24) is 15.0 Å². The van der Waals surface area contributed by atoms with Gasteiger partial charge >= 0.3 is 0 Å². The molecule has 1 N–H and O–H groups in total. The predicted molar refractivity (Wildman–Crippen MR) is 143 cm³/mol. The van der Waals surface area contributed by atoms with E-state index < -0.39 is 0 Å². The first kappa shape index (κ1) is 22.7. The molecule has 180 valence electrons. The highest BCUT2D eigenvalue weighted by Crippen LogP contribution is 2.43. The van der Waals surface area contributed by atoms with Crippen LogP contribution in [0.4, 0.5) is 11.5 Å². The van der Waals surface area contributed by atoms with Crippen molar-refractivity contribution in [3.63, 3.8) is 0 Å². The molecule has 4 heterocycles. The lowest BCUT2D eigenvalue weighted by atomic mass is 9.90. The van der Waals surface area contributed by atoms with Gasteiger partial charge in [-0.25, -0.2) is 15.0 Å². The third kappa shape index (κ3) is 4.48. The highest BCUT2D eigenvalue weighted by atomic mass is 32.2. The Morgan fingerprint density at radius 2 is 1.89 bits per heavy atom. The van der Waals surface area contributed by atoms with Crippen LogP contribution in [0.15, 0.2) is 35.6 Å². The van der Waals surface area contributed by atoms with E-state index in [0.717, 1.165) is 76.3 Å². The fourth-order valence-electron chi connectivity index (χ4n) is 4.93. The molecule has 2 aliphatic rings. The van der Waals surface area contributed by atoms with E-state index in [1.165, 1.54) is 41.1 Å². The Morgan fingerprint density at radius 3 is 2.69 bits per heavy atom. The number of nitrogens with one attached hydrogen (secondary N) is 1. The van der Waals surface area contributed by atoms with Crippen LogP contribution in [0.3, 0.4) is 0 Å². The zero-order chi connectivity index (χ0) is 23.8. The number of ether oxygens (including phenoxy) is 1. The van der Waals surface area contributed by atoms with E-state index >= 15 is 0 Å². The molecular formula is C26H27N5O2S2. The Bertz CT molecular complexity index is 1400. The molecule has 1 saturated heterocycles. The molecule has 6 rings (SSSR count).